The van der Waals surface area contributed by atoms with E-state index in [1.807, 2.05) is 48.2 Å². The molecule has 0 saturated carbocycles. The van der Waals surface area contributed by atoms with Gasteiger partial charge in [-0.3, -0.25) is 4.79 Å². The largest absolute Gasteiger partial charge is 0.461 e. The number of carbonyl (C=O) groups is 1. The molecule has 190 valence electrons. The number of ether oxygens (including phenoxy) is 2. The van der Waals surface area contributed by atoms with Gasteiger partial charge in [-0.1, -0.05) is 18.2 Å². The smallest absolute Gasteiger partial charge is 0.253 e. The minimum absolute atomic E-state index is 0.0208. The molecule has 0 radical (unpaired) electrons. The molecule has 2 aliphatic rings. The van der Waals surface area contributed by atoms with Crippen molar-refractivity contribution in [1.29, 1.82) is 0 Å². The average Bonchev–Trinajstić information content (AvgIpc) is 2.85. The van der Waals surface area contributed by atoms with Gasteiger partial charge in [0.05, 0.1) is 6.61 Å². The number of aliphatic hydroxyl groups excluding tert-OH is 3. The summed E-state index contributed by atoms with van der Waals surface area (Å²) in [5.74, 6) is 0.441. The average molecular weight is 487 g/mol. The number of likely N-dealkylation sites (N-methyl/N-ethyl adjacent to an activating group) is 1. The summed E-state index contributed by atoms with van der Waals surface area (Å²) in [6, 6.07) is 13.0. The molecule has 2 aliphatic heterocycles. The van der Waals surface area contributed by atoms with Crippen molar-refractivity contribution in [1.82, 2.24) is 9.80 Å². The number of hydrogen-bond acceptors (Lipinski definition) is 8. The summed E-state index contributed by atoms with van der Waals surface area (Å²) in [4.78, 5) is 17.1. The van der Waals surface area contributed by atoms with Crippen LogP contribution >= 0.6 is 0 Å². The van der Waals surface area contributed by atoms with E-state index < -0.39 is 36.8 Å². The van der Waals surface area contributed by atoms with Crippen LogP contribution in [0.1, 0.15) is 22.8 Å². The molecule has 4 rings (SSSR count). The molecule has 2 fully saturated rings. The Morgan fingerprint density at radius 1 is 1.11 bits per heavy atom. The molecule has 35 heavy (non-hydrogen) atoms. The Bertz CT molecular complexity index is 1050. The van der Waals surface area contributed by atoms with E-state index in [0.717, 1.165) is 29.8 Å². The summed E-state index contributed by atoms with van der Waals surface area (Å²) in [5, 5.41) is 40.5. The molecule has 0 aliphatic carbocycles. The Labute approximate surface area is 205 Å². The maximum atomic E-state index is 13.0. The molecule has 0 bridgehead atoms. The molecular formula is C26H34N2O7. The summed E-state index contributed by atoms with van der Waals surface area (Å²) in [6.45, 7) is 5.75. The van der Waals surface area contributed by atoms with Crippen LogP contribution in [0.2, 0.25) is 0 Å². The first-order valence-corrected chi connectivity index (χ1v) is 11.8. The van der Waals surface area contributed by atoms with Crippen LogP contribution < -0.4 is 4.74 Å². The van der Waals surface area contributed by atoms with Gasteiger partial charge in [-0.15, -0.1) is 0 Å². The number of nitrogens with zero attached hydrogens (tertiary/aromatic N) is 2. The van der Waals surface area contributed by atoms with Gasteiger partial charge in [0.1, 0.15) is 24.1 Å². The van der Waals surface area contributed by atoms with Gasteiger partial charge in [0.15, 0.2) is 5.60 Å². The number of rotatable bonds is 5. The zero-order valence-corrected chi connectivity index (χ0v) is 20.3. The lowest BCUT2D eigenvalue weighted by atomic mass is 9.88. The maximum absolute atomic E-state index is 13.0. The van der Waals surface area contributed by atoms with Crippen molar-refractivity contribution in [3.63, 3.8) is 0 Å². The summed E-state index contributed by atoms with van der Waals surface area (Å²) >= 11 is 0. The first-order chi connectivity index (χ1) is 16.6. The monoisotopic (exact) mass is 486 g/mol. The molecular weight excluding hydrogens is 452 g/mol. The second-order valence-corrected chi connectivity index (χ2v) is 9.62. The van der Waals surface area contributed by atoms with Gasteiger partial charge in [-0.2, -0.15) is 0 Å². The van der Waals surface area contributed by atoms with E-state index in [4.69, 9.17) is 9.47 Å². The second kappa shape index (κ2) is 10.2. The van der Waals surface area contributed by atoms with Crippen LogP contribution in [0.4, 0.5) is 0 Å². The molecule has 2 heterocycles. The molecule has 1 amide bonds. The van der Waals surface area contributed by atoms with Crippen LogP contribution in [0, 0.1) is 6.92 Å². The fraction of sp³-hybridized carbons (Fsp3) is 0.500. The zero-order chi connectivity index (χ0) is 25.3. The summed E-state index contributed by atoms with van der Waals surface area (Å²) in [6.07, 6.45) is -5.39. The molecule has 0 spiro atoms. The predicted octanol–water partition coefficient (Wildman–Crippen LogP) is 0.618. The van der Waals surface area contributed by atoms with Crippen LogP contribution in [-0.4, -0.2) is 106 Å². The van der Waals surface area contributed by atoms with Crippen molar-refractivity contribution in [2.75, 3.05) is 39.8 Å². The topological polar surface area (TPSA) is 123 Å². The predicted molar refractivity (Wildman–Crippen MR) is 129 cm³/mol. The van der Waals surface area contributed by atoms with Crippen LogP contribution in [-0.2, 0) is 4.74 Å². The molecule has 5 atom stereocenters. The molecule has 9 nitrogen and oxygen atoms in total. The van der Waals surface area contributed by atoms with Crippen molar-refractivity contribution >= 4 is 5.91 Å². The summed E-state index contributed by atoms with van der Waals surface area (Å²) < 4.78 is 11.4. The fourth-order valence-electron chi connectivity index (χ4n) is 4.46. The number of aryl methyl sites for hydroxylation is 1. The van der Waals surface area contributed by atoms with E-state index in [0.29, 0.717) is 24.4 Å². The number of benzene rings is 2. The Balaban J connectivity index is 1.52. The number of piperazine rings is 1. The number of carbonyl (C=O) groups excluding carboxylic acids is 1. The van der Waals surface area contributed by atoms with Gasteiger partial charge < -0.3 is 39.7 Å². The lowest BCUT2D eigenvalue weighted by Gasteiger charge is -2.45. The lowest BCUT2D eigenvalue weighted by Crippen LogP contribution is -2.66. The zero-order valence-electron chi connectivity index (χ0n) is 20.3. The lowest BCUT2D eigenvalue weighted by molar-refractivity contribution is -0.314. The third-order valence-electron chi connectivity index (χ3n) is 6.90. The van der Waals surface area contributed by atoms with Gasteiger partial charge in [0, 0.05) is 31.7 Å². The van der Waals surface area contributed by atoms with Gasteiger partial charge in [-0.05, 0) is 61.9 Å². The third kappa shape index (κ3) is 5.20. The molecule has 2 aromatic carbocycles. The third-order valence-corrected chi connectivity index (χ3v) is 6.90. The highest BCUT2D eigenvalue weighted by atomic mass is 16.7. The van der Waals surface area contributed by atoms with Crippen LogP contribution in [0.5, 0.6) is 5.75 Å². The molecule has 2 aromatic rings. The van der Waals surface area contributed by atoms with E-state index in [-0.39, 0.29) is 5.91 Å². The number of aliphatic hydroxyl groups is 4. The van der Waals surface area contributed by atoms with Gasteiger partial charge >= 0.3 is 0 Å². The normalized spacial score (nSPS) is 29.7. The van der Waals surface area contributed by atoms with Gasteiger partial charge in [-0.25, -0.2) is 0 Å². The van der Waals surface area contributed by atoms with Crippen LogP contribution in [0.3, 0.4) is 0 Å². The summed E-state index contributed by atoms with van der Waals surface area (Å²) in [5.41, 5.74) is 1.27. The van der Waals surface area contributed by atoms with Crippen molar-refractivity contribution in [3.8, 4) is 16.9 Å². The van der Waals surface area contributed by atoms with Gasteiger partial charge in [0.25, 0.3) is 5.91 Å². The van der Waals surface area contributed by atoms with E-state index in [9.17, 15) is 25.2 Å². The maximum Gasteiger partial charge on any atom is 0.253 e. The number of hydrogen-bond donors (Lipinski definition) is 4. The van der Waals surface area contributed by atoms with E-state index in [1.54, 1.807) is 6.07 Å². The molecule has 0 unspecified atom stereocenters. The minimum atomic E-state index is -1.89. The fourth-order valence-corrected chi connectivity index (χ4v) is 4.46. The van der Waals surface area contributed by atoms with Crippen LogP contribution in [0.15, 0.2) is 42.5 Å². The number of amides is 1. The first kappa shape index (κ1) is 25.6. The highest BCUT2D eigenvalue weighted by molar-refractivity contribution is 5.95. The molecule has 4 N–H and O–H groups in total. The van der Waals surface area contributed by atoms with Crippen LogP contribution in [0.25, 0.3) is 11.1 Å². The standard InChI is InChI=1S/C26H34N2O7/c1-16-13-18(17-5-4-6-19(14-17)24(32)28-11-9-27(3)10-12-28)7-8-20(16)34-25-26(2,33)23(31)22(30)21(15-29)35-25/h4-8,13-14,21-23,25,29-31,33H,9-12,15H2,1-3H3/t21-,22-,23+,25+,26+/m1/s1. The van der Waals surface area contributed by atoms with Crippen molar-refractivity contribution in [2.45, 2.75) is 44.1 Å². The Morgan fingerprint density at radius 3 is 2.46 bits per heavy atom. The second-order valence-electron chi connectivity index (χ2n) is 9.62. The molecule has 9 heteroatoms. The Morgan fingerprint density at radius 2 is 1.80 bits per heavy atom. The van der Waals surface area contributed by atoms with Crippen molar-refractivity contribution in [3.05, 3.63) is 53.6 Å². The molecule has 2 saturated heterocycles. The SMILES string of the molecule is Cc1cc(-c2cccc(C(=O)N3CCN(C)CC3)c2)ccc1O[C@H]1O[C@H](CO)[C@@H](O)[C@H](O)[C@]1(C)O. The first-order valence-electron chi connectivity index (χ1n) is 11.8. The quantitative estimate of drug-likeness (QED) is 0.485. The highest BCUT2D eigenvalue weighted by Crippen LogP contribution is 2.34. The van der Waals surface area contributed by atoms with Crippen molar-refractivity contribution in [2.24, 2.45) is 0 Å². The summed E-state index contributed by atoms with van der Waals surface area (Å²) in [7, 11) is 2.05. The molecule has 0 aromatic heterocycles. The minimum Gasteiger partial charge on any atom is -0.461 e. The van der Waals surface area contributed by atoms with E-state index in [1.165, 1.54) is 6.92 Å². The van der Waals surface area contributed by atoms with E-state index in [2.05, 4.69) is 11.9 Å². The Hall–Kier alpha value is -2.53. The Kier molecular flexibility index (Phi) is 7.46. The van der Waals surface area contributed by atoms with E-state index >= 15 is 0 Å². The highest BCUT2D eigenvalue weighted by Gasteiger charge is 2.53. The van der Waals surface area contributed by atoms with Gasteiger partial charge in [0.2, 0.25) is 6.29 Å². The van der Waals surface area contributed by atoms with Crippen molar-refractivity contribution < 1.29 is 34.7 Å².